The Bertz CT molecular complexity index is 590. The molecule has 0 aromatic heterocycles. The molecular weight excluding hydrogens is 283 g/mol. The first kappa shape index (κ1) is 16.5. The molecule has 0 saturated carbocycles. The number of amides is 1. The van der Waals surface area contributed by atoms with E-state index in [2.05, 4.69) is 5.32 Å². The van der Waals surface area contributed by atoms with Gasteiger partial charge in [-0.2, -0.15) is 0 Å². The van der Waals surface area contributed by atoms with Crippen LogP contribution >= 0.6 is 0 Å². The van der Waals surface area contributed by atoms with Gasteiger partial charge in [-0.25, -0.2) is 4.39 Å². The lowest BCUT2D eigenvalue weighted by Crippen LogP contribution is -2.40. The second-order valence-corrected chi connectivity index (χ2v) is 4.82. The van der Waals surface area contributed by atoms with Crippen LogP contribution in [0.3, 0.4) is 0 Å². The van der Waals surface area contributed by atoms with Crippen molar-refractivity contribution in [2.75, 3.05) is 6.54 Å². The zero-order valence-electron chi connectivity index (χ0n) is 11.6. The first-order valence-electron chi connectivity index (χ1n) is 6.17. The van der Waals surface area contributed by atoms with Gasteiger partial charge in [0.15, 0.2) is 0 Å². The highest BCUT2D eigenvalue weighted by molar-refractivity contribution is 5.95. The lowest BCUT2D eigenvalue weighted by atomic mass is 9.87. The predicted octanol–water partition coefficient (Wildman–Crippen LogP) is 1.96. The summed E-state index contributed by atoms with van der Waals surface area (Å²) in [6, 6.07) is 2.58. The molecule has 1 atom stereocenters. The number of aliphatic carboxylic acids is 1. The van der Waals surface area contributed by atoms with E-state index in [-0.39, 0.29) is 13.0 Å². The number of carbonyl (C=O) groups is 2. The highest BCUT2D eigenvalue weighted by Crippen LogP contribution is 2.21. The number of non-ortho nitro benzene ring substituents is 1. The number of nitrogens with zero attached hydrogens (tertiary/aromatic N) is 1. The van der Waals surface area contributed by atoms with E-state index in [0.717, 1.165) is 18.2 Å². The van der Waals surface area contributed by atoms with Gasteiger partial charge in [0.05, 0.1) is 15.9 Å². The predicted molar refractivity (Wildman–Crippen MR) is 71.4 cm³/mol. The summed E-state index contributed by atoms with van der Waals surface area (Å²) in [6.07, 6.45) is 0.264. The molecule has 21 heavy (non-hydrogen) atoms. The number of nitrogens with one attached hydrogen (secondary N) is 1. The maximum Gasteiger partial charge on any atom is 0.311 e. The SMILES string of the molecule is CCC(C)(CNC(=O)c1cc([N+](=O)[O-])ccc1F)C(=O)O. The van der Waals surface area contributed by atoms with Crippen LogP contribution in [0, 0.1) is 21.3 Å². The molecule has 1 rings (SSSR count). The van der Waals surface area contributed by atoms with Gasteiger partial charge in [0.25, 0.3) is 11.6 Å². The van der Waals surface area contributed by atoms with E-state index in [1.54, 1.807) is 6.92 Å². The fraction of sp³-hybridized carbons (Fsp3) is 0.385. The Morgan fingerprint density at radius 1 is 1.48 bits per heavy atom. The van der Waals surface area contributed by atoms with Gasteiger partial charge in [-0.15, -0.1) is 0 Å². The van der Waals surface area contributed by atoms with Crippen molar-refractivity contribution in [2.24, 2.45) is 5.41 Å². The molecule has 1 aromatic carbocycles. The van der Waals surface area contributed by atoms with E-state index < -0.39 is 39.3 Å². The van der Waals surface area contributed by atoms with Crippen LogP contribution in [0.4, 0.5) is 10.1 Å². The molecule has 0 radical (unpaired) electrons. The number of nitro benzene ring substituents is 1. The third-order valence-electron chi connectivity index (χ3n) is 3.34. The number of hydrogen-bond acceptors (Lipinski definition) is 4. The van der Waals surface area contributed by atoms with Gasteiger partial charge in [-0.05, 0) is 19.4 Å². The number of benzene rings is 1. The average molecular weight is 298 g/mol. The molecule has 0 aliphatic rings. The smallest absolute Gasteiger partial charge is 0.311 e. The van der Waals surface area contributed by atoms with E-state index in [0.29, 0.717) is 0 Å². The Morgan fingerprint density at radius 3 is 2.57 bits per heavy atom. The first-order valence-corrected chi connectivity index (χ1v) is 6.17. The van der Waals surface area contributed by atoms with Crippen molar-refractivity contribution in [1.82, 2.24) is 5.32 Å². The fourth-order valence-corrected chi connectivity index (χ4v) is 1.52. The number of hydrogen-bond donors (Lipinski definition) is 2. The fourth-order valence-electron chi connectivity index (χ4n) is 1.52. The molecule has 0 spiro atoms. The summed E-state index contributed by atoms with van der Waals surface area (Å²) in [5, 5.41) is 22.0. The third kappa shape index (κ3) is 3.74. The molecule has 0 saturated heterocycles. The van der Waals surface area contributed by atoms with Crippen molar-refractivity contribution >= 4 is 17.6 Å². The van der Waals surface area contributed by atoms with E-state index >= 15 is 0 Å². The summed E-state index contributed by atoms with van der Waals surface area (Å²) in [5.41, 5.74) is -2.10. The van der Waals surface area contributed by atoms with Crippen LogP contribution in [0.25, 0.3) is 0 Å². The molecule has 0 heterocycles. The van der Waals surface area contributed by atoms with Crippen LogP contribution < -0.4 is 5.32 Å². The second kappa shape index (κ2) is 6.29. The lowest BCUT2D eigenvalue weighted by molar-refractivity contribution is -0.384. The summed E-state index contributed by atoms with van der Waals surface area (Å²) < 4.78 is 13.5. The molecule has 0 fully saturated rings. The largest absolute Gasteiger partial charge is 0.481 e. The van der Waals surface area contributed by atoms with Crippen molar-refractivity contribution in [1.29, 1.82) is 0 Å². The van der Waals surface area contributed by atoms with Crippen molar-refractivity contribution in [3.63, 3.8) is 0 Å². The summed E-state index contributed by atoms with van der Waals surface area (Å²) in [6.45, 7) is 2.88. The quantitative estimate of drug-likeness (QED) is 0.616. The zero-order chi connectivity index (χ0) is 16.2. The minimum absolute atomic E-state index is 0.209. The van der Waals surface area contributed by atoms with E-state index in [1.807, 2.05) is 0 Å². The molecule has 1 unspecified atom stereocenters. The van der Waals surface area contributed by atoms with Gasteiger partial charge in [0.2, 0.25) is 0 Å². The first-order chi connectivity index (χ1) is 9.71. The molecule has 1 aromatic rings. The Kier molecular flexibility index (Phi) is 4.96. The molecule has 8 heteroatoms. The molecule has 0 bridgehead atoms. The Morgan fingerprint density at radius 2 is 2.10 bits per heavy atom. The molecule has 2 N–H and O–H groups in total. The van der Waals surface area contributed by atoms with Crippen LogP contribution in [0.5, 0.6) is 0 Å². The lowest BCUT2D eigenvalue weighted by Gasteiger charge is -2.23. The number of carboxylic acid groups (broad SMARTS) is 1. The summed E-state index contributed by atoms with van der Waals surface area (Å²) >= 11 is 0. The molecule has 7 nitrogen and oxygen atoms in total. The van der Waals surface area contributed by atoms with Gasteiger partial charge in [-0.1, -0.05) is 6.92 Å². The maximum atomic E-state index is 13.5. The normalized spacial score (nSPS) is 13.3. The minimum atomic E-state index is -1.19. The van der Waals surface area contributed by atoms with Crippen molar-refractivity contribution in [3.8, 4) is 0 Å². The molecule has 0 aliphatic heterocycles. The van der Waals surface area contributed by atoms with Crippen LogP contribution in [-0.2, 0) is 4.79 Å². The number of rotatable bonds is 6. The number of nitro groups is 1. The van der Waals surface area contributed by atoms with Gasteiger partial charge in [0.1, 0.15) is 5.82 Å². The van der Waals surface area contributed by atoms with Crippen LogP contribution in [0.15, 0.2) is 18.2 Å². The Hall–Kier alpha value is -2.51. The molecule has 0 aliphatic carbocycles. The monoisotopic (exact) mass is 298 g/mol. The van der Waals surface area contributed by atoms with Crippen molar-refractivity contribution in [2.45, 2.75) is 20.3 Å². The Labute approximate surface area is 119 Å². The van der Waals surface area contributed by atoms with E-state index in [1.165, 1.54) is 6.92 Å². The highest BCUT2D eigenvalue weighted by Gasteiger charge is 2.32. The number of carboxylic acids is 1. The molecule has 1 amide bonds. The van der Waals surface area contributed by atoms with Crippen LogP contribution in [0.1, 0.15) is 30.6 Å². The van der Waals surface area contributed by atoms with E-state index in [9.17, 15) is 24.1 Å². The summed E-state index contributed by atoms with van der Waals surface area (Å²) in [7, 11) is 0. The minimum Gasteiger partial charge on any atom is -0.481 e. The number of carbonyl (C=O) groups excluding carboxylic acids is 1. The van der Waals surface area contributed by atoms with E-state index in [4.69, 9.17) is 5.11 Å². The van der Waals surface area contributed by atoms with Crippen molar-refractivity contribution < 1.29 is 24.0 Å². The standard InChI is InChI=1S/C13H15FN2O5/c1-3-13(2,12(18)19)7-15-11(17)9-6-8(16(20)21)4-5-10(9)14/h4-6H,3,7H2,1-2H3,(H,15,17)(H,18,19). The maximum absolute atomic E-state index is 13.5. The van der Waals surface area contributed by atoms with Gasteiger partial charge in [0, 0.05) is 18.7 Å². The zero-order valence-corrected chi connectivity index (χ0v) is 11.6. The van der Waals surface area contributed by atoms with Crippen LogP contribution in [0.2, 0.25) is 0 Å². The number of halogens is 1. The second-order valence-electron chi connectivity index (χ2n) is 4.82. The van der Waals surface area contributed by atoms with Gasteiger partial charge >= 0.3 is 5.97 Å². The van der Waals surface area contributed by atoms with Gasteiger partial charge in [-0.3, -0.25) is 19.7 Å². The van der Waals surface area contributed by atoms with Crippen molar-refractivity contribution in [3.05, 3.63) is 39.7 Å². The average Bonchev–Trinajstić information content (AvgIpc) is 2.44. The summed E-state index contributed by atoms with van der Waals surface area (Å²) in [4.78, 5) is 32.8. The summed E-state index contributed by atoms with van der Waals surface area (Å²) in [5.74, 6) is -2.89. The highest BCUT2D eigenvalue weighted by atomic mass is 19.1. The molecular formula is C13H15FN2O5. The Balaban J connectivity index is 2.92. The van der Waals surface area contributed by atoms with Crippen LogP contribution in [-0.4, -0.2) is 28.5 Å². The topological polar surface area (TPSA) is 110 Å². The van der Waals surface area contributed by atoms with Gasteiger partial charge < -0.3 is 10.4 Å². The molecule has 114 valence electrons. The third-order valence-corrected chi connectivity index (χ3v) is 3.34.